The third-order valence-electron chi connectivity index (χ3n) is 4.38. The van der Waals surface area contributed by atoms with Gasteiger partial charge in [0.15, 0.2) is 0 Å². The average molecular weight is 368 g/mol. The van der Waals surface area contributed by atoms with Crippen molar-refractivity contribution in [3.8, 4) is 0 Å². The summed E-state index contributed by atoms with van der Waals surface area (Å²) in [6.07, 6.45) is 14.0. The molecule has 0 aromatic rings. The first-order chi connectivity index (χ1) is 12.4. The van der Waals surface area contributed by atoms with Gasteiger partial charge in [-0.2, -0.15) is 0 Å². The second kappa shape index (κ2) is 15.9. The first-order valence-corrected chi connectivity index (χ1v) is 10.5. The molecule has 1 N–H and O–H groups in total. The SMILES string of the molecule is CCCCCCCCCCCCOC(=O)C(NC(=O)C=C(C)C)C(C)C. The molecule has 1 unspecified atom stereocenters. The van der Waals surface area contributed by atoms with Gasteiger partial charge in [0.2, 0.25) is 5.91 Å². The van der Waals surface area contributed by atoms with Crippen LogP contribution in [0, 0.1) is 5.92 Å². The van der Waals surface area contributed by atoms with Crippen molar-refractivity contribution in [1.29, 1.82) is 0 Å². The van der Waals surface area contributed by atoms with E-state index in [1.54, 1.807) is 0 Å². The molecule has 0 aliphatic carbocycles. The van der Waals surface area contributed by atoms with Crippen LogP contribution in [0.2, 0.25) is 0 Å². The minimum atomic E-state index is -0.582. The van der Waals surface area contributed by atoms with E-state index in [2.05, 4.69) is 12.2 Å². The van der Waals surface area contributed by atoms with E-state index in [1.807, 2.05) is 27.7 Å². The van der Waals surface area contributed by atoms with Crippen LogP contribution in [0.15, 0.2) is 11.6 Å². The molecule has 0 aliphatic heterocycles. The highest BCUT2D eigenvalue weighted by atomic mass is 16.5. The van der Waals surface area contributed by atoms with Crippen molar-refractivity contribution in [1.82, 2.24) is 5.32 Å². The highest BCUT2D eigenvalue weighted by molar-refractivity contribution is 5.92. The Morgan fingerprint density at radius 2 is 1.38 bits per heavy atom. The first-order valence-electron chi connectivity index (χ1n) is 10.5. The van der Waals surface area contributed by atoms with Crippen molar-refractivity contribution in [2.75, 3.05) is 6.61 Å². The van der Waals surface area contributed by atoms with E-state index in [1.165, 1.54) is 57.4 Å². The Hall–Kier alpha value is -1.32. The molecule has 0 bridgehead atoms. The van der Waals surface area contributed by atoms with Crippen LogP contribution in [-0.4, -0.2) is 24.5 Å². The largest absolute Gasteiger partial charge is 0.464 e. The summed E-state index contributed by atoms with van der Waals surface area (Å²) in [5.41, 5.74) is 0.906. The second-order valence-electron chi connectivity index (χ2n) is 7.80. The number of hydrogen-bond acceptors (Lipinski definition) is 3. The number of amides is 1. The first kappa shape index (κ1) is 24.7. The molecule has 0 saturated carbocycles. The zero-order valence-electron chi connectivity index (χ0n) is 17.7. The van der Waals surface area contributed by atoms with Crippen molar-refractivity contribution in [2.45, 2.75) is 105 Å². The fourth-order valence-corrected chi connectivity index (χ4v) is 2.81. The molecule has 0 spiro atoms. The van der Waals surface area contributed by atoms with E-state index < -0.39 is 6.04 Å². The molecule has 1 amide bonds. The van der Waals surface area contributed by atoms with Crippen LogP contribution in [-0.2, 0) is 14.3 Å². The number of carbonyl (C=O) groups excluding carboxylic acids is 2. The number of carbonyl (C=O) groups is 2. The Bertz CT molecular complexity index is 412. The Balaban J connectivity index is 3.83. The zero-order chi connectivity index (χ0) is 19.8. The van der Waals surface area contributed by atoms with Crippen LogP contribution >= 0.6 is 0 Å². The predicted molar refractivity (Wildman–Crippen MR) is 109 cm³/mol. The van der Waals surface area contributed by atoms with E-state index in [-0.39, 0.29) is 17.8 Å². The average Bonchev–Trinajstić information content (AvgIpc) is 2.56. The molecule has 0 heterocycles. The number of nitrogens with one attached hydrogen (secondary N) is 1. The summed E-state index contributed by atoms with van der Waals surface area (Å²) in [5.74, 6) is -0.560. The van der Waals surface area contributed by atoms with Gasteiger partial charge in [-0.25, -0.2) is 4.79 Å². The quantitative estimate of drug-likeness (QED) is 0.234. The summed E-state index contributed by atoms with van der Waals surface area (Å²) in [6.45, 7) is 10.2. The van der Waals surface area contributed by atoms with E-state index >= 15 is 0 Å². The highest BCUT2D eigenvalue weighted by Crippen LogP contribution is 2.11. The van der Waals surface area contributed by atoms with Gasteiger partial charge in [-0.3, -0.25) is 4.79 Å². The molecule has 0 aromatic heterocycles. The normalized spacial score (nSPS) is 11.9. The Morgan fingerprint density at radius 1 is 0.885 bits per heavy atom. The molecule has 152 valence electrons. The number of esters is 1. The van der Waals surface area contributed by atoms with Crippen molar-refractivity contribution >= 4 is 11.9 Å². The van der Waals surface area contributed by atoms with Crippen LogP contribution in [0.4, 0.5) is 0 Å². The van der Waals surface area contributed by atoms with Gasteiger partial charge in [0.05, 0.1) is 6.61 Å². The number of hydrogen-bond donors (Lipinski definition) is 1. The standard InChI is InChI=1S/C22H41NO3/c1-6-7-8-9-10-11-12-13-14-15-16-26-22(25)21(19(4)5)23-20(24)17-18(2)3/h17,19,21H,6-16H2,1-5H3,(H,23,24). The lowest BCUT2D eigenvalue weighted by Gasteiger charge is -2.20. The van der Waals surface area contributed by atoms with Crippen molar-refractivity contribution in [3.63, 3.8) is 0 Å². The fraction of sp³-hybridized carbons (Fsp3) is 0.818. The maximum absolute atomic E-state index is 12.2. The van der Waals surface area contributed by atoms with Gasteiger partial charge in [-0.05, 0) is 26.2 Å². The smallest absolute Gasteiger partial charge is 0.328 e. The van der Waals surface area contributed by atoms with Crippen LogP contribution in [0.25, 0.3) is 0 Å². The van der Waals surface area contributed by atoms with Crippen molar-refractivity contribution in [3.05, 3.63) is 11.6 Å². The maximum atomic E-state index is 12.2. The molecule has 0 rings (SSSR count). The molecule has 0 aromatic carbocycles. The molecular weight excluding hydrogens is 326 g/mol. The van der Waals surface area contributed by atoms with Crippen molar-refractivity contribution in [2.24, 2.45) is 5.92 Å². The van der Waals surface area contributed by atoms with Crippen LogP contribution in [0.1, 0.15) is 98.8 Å². The third-order valence-corrected chi connectivity index (χ3v) is 4.38. The lowest BCUT2D eigenvalue weighted by molar-refractivity contribution is -0.148. The summed E-state index contributed by atoms with van der Waals surface area (Å²) in [6, 6.07) is -0.582. The summed E-state index contributed by atoms with van der Waals surface area (Å²) in [7, 11) is 0. The zero-order valence-corrected chi connectivity index (χ0v) is 17.7. The van der Waals surface area contributed by atoms with Crippen LogP contribution in [0.3, 0.4) is 0 Å². The Morgan fingerprint density at radius 3 is 1.85 bits per heavy atom. The monoisotopic (exact) mass is 367 g/mol. The Kier molecular flexibility index (Phi) is 15.1. The van der Waals surface area contributed by atoms with Gasteiger partial charge in [-0.1, -0.05) is 84.1 Å². The van der Waals surface area contributed by atoms with E-state index in [4.69, 9.17) is 4.74 Å². The summed E-state index contributed by atoms with van der Waals surface area (Å²) >= 11 is 0. The molecule has 0 saturated heterocycles. The van der Waals surface area contributed by atoms with Gasteiger partial charge in [0, 0.05) is 6.08 Å². The lowest BCUT2D eigenvalue weighted by Crippen LogP contribution is -2.44. The van der Waals surface area contributed by atoms with Crippen LogP contribution < -0.4 is 5.32 Å². The summed E-state index contributed by atoms with van der Waals surface area (Å²) in [4.78, 5) is 24.0. The lowest BCUT2D eigenvalue weighted by atomic mass is 10.0. The van der Waals surface area contributed by atoms with E-state index in [0.717, 1.165) is 18.4 Å². The van der Waals surface area contributed by atoms with Gasteiger partial charge in [0.1, 0.15) is 6.04 Å². The van der Waals surface area contributed by atoms with Gasteiger partial charge >= 0.3 is 5.97 Å². The fourth-order valence-electron chi connectivity index (χ4n) is 2.81. The second-order valence-corrected chi connectivity index (χ2v) is 7.80. The number of ether oxygens (including phenoxy) is 1. The highest BCUT2D eigenvalue weighted by Gasteiger charge is 2.24. The summed E-state index contributed by atoms with van der Waals surface area (Å²) in [5, 5.41) is 2.75. The maximum Gasteiger partial charge on any atom is 0.328 e. The number of rotatable bonds is 15. The topological polar surface area (TPSA) is 55.4 Å². The molecule has 1 atom stereocenters. The molecular formula is C22H41NO3. The molecule has 26 heavy (non-hydrogen) atoms. The molecule has 4 nitrogen and oxygen atoms in total. The van der Waals surface area contributed by atoms with Gasteiger partial charge in [-0.15, -0.1) is 0 Å². The molecule has 0 fully saturated rings. The van der Waals surface area contributed by atoms with E-state index in [9.17, 15) is 9.59 Å². The van der Waals surface area contributed by atoms with E-state index in [0.29, 0.717) is 6.61 Å². The number of allylic oxidation sites excluding steroid dienone is 1. The van der Waals surface area contributed by atoms with Crippen molar-refractivity contribution < 1.29 is 14.3 Å². The molecule has 0 radical (unpaired) electrons. The predicted octanol–water partition coefficient (Wildman–Crippen LogP) is 5.56. The molecule has 4 heteroatoms. The summed E-state index contributed by atoms with van der Waals surface area (Å²) < 4.78 is 5.37. The van der Waals surface area contributed by atoms with Crippen LogP contribution in [0.5, 0.6) is 0 Å². The minimum absolute atomic E-state index is 0.00437. The molecule has 0 aliphatic rings. The minimum Gasteiger partial charge on any atom is -0.464 e. The number of unbranched alkanes of at least 4 members (excludes halogenated alkanes) is 9. The van der Waals surface area contributed by atoms with Gasteiger partial charge in [0.25, 0.3) is 0 Å². The third kappa shape index (κ3) is 13.9. The Labute approximate surface area is 161 Å². The van der Waals surface area contributed by atoms with Gasteiger partial charge < -0.3 is 10.1 Å².